The van der Waals surface area contributed by atoms with Crippen LogP contribution >= 0.6 is 0 Å². The van der Waals surface area contributed by atoms with Crippen LogP contribution in [0.5, 0.6) is 5.75 Å². The molecule has 0 bridgehead atoms. The van der Waals surface area contributed by atoms with E-state index in [0.29, 0.717) is 24.6 Å². The molecule has 1 aromatic carbocycles. The van der Waals surface area contributed by atoms with Gasteiger partial charge in [-0.3, -0.25) is 9.69 Å². The van der Waals surface area contributed by atoms with Crippen LogP contribution in [0.2, 0.25) is 0 Å². The van der Waals surface area contributed by atoms with E-state index in [9.17, 15) is 9.90 Å². The molecular weight excluding hydrogens is 242 g/mol. The van der Waals surface area contributed by atoms with Crippen LogP contribution in [0.1, 0.15) is 43.1 Å². The van der Waals surface area contributed by atoms with E-state index in [-0.39, 0.29) is 18.1 Å². The van der Waals surface area contributed by atoms with E-state index in [1.165, 1.54) is 6.92 Å². The van der Waals surface area contributed by atoms with Crippen LogP contribution in [0, 0.1) is 0 Å². The van der Waals surface area contributed by atoms with Crippen LogP contribution in [0.15, 0.2) is 18.2 Å². The maximum absolute atomic E-state index is 11.4. The predicted octanol–water partition coefficient (Wildman–Crippen LogP) is 2.19. The molecule has 0 saturated carbocycles. The first kappa shape index (κ1) is 15.7. The van der Waals surface area contributed by atoms with Crippen molar-refractivity contribution >= 4 is 5.78 Å². The number of phenolic OH excluding ortho intramolecular Hbond substituents is 1. The third-order valence-corrected chi connectivity index (χ3v) is 3.19. The van der Waals surface area contributed by atoms with E-state index in [2.05, 4.69) is 18.7 Å². The average Bonchev–Trinajstić information content (AvgIpc) is 2.35. The van der Waals surface area contributed by atoms with Crippen molar-refractivity contribution in [3.8, 4) is 5.75 Å². The van der Waals surface area contributed by atoms with Gasteiger partial charge in [0.25, 0.3) is 0 Å². The fraction of sp³-hybridized carbons (Fsp3) is 0.533. The number of carbonyl (C=O) groups is 1. The first-order valence-electron chi connectivity index (χ1n) is 6.63. The lowest BCUT2D eigenvalue weighted by Crippen LogP contribution is -2.31. The molecule has 1 rings (SSSR count). The van der Waals surface area contributed by atoms with Crippen molar-refractivity contribution in [3.05, 3.63) is 29.3 Å². The van der Waals surface area contributed by atoms with Gasteiger partial charge in [-0.05, 0) is 45.4 Å². The molecule has 4 nitrogen and oxygen atoms in total. The van der Waals surface area contributed by atoms with E-state index >= 15 is 0 Å². The molecule has 0 aliphatic rings. The Labute approximate surface area is 114 Å². The molecule has 0 aliphatic carbocycles. The first-order valence-corrected chi connectivity index (χ1v) is 6.63. The Hall–Kier alpha value is -1.39. The van der Waals surface area contributed by atoms with Gasteiger partial charge in [0.2, 0.25) is 0 Å². The van der Waals surface area contributed by atoms with Crippen LogP contribution in [-0.4, -0.2) is 40.1 Å². The molecule has 0 saturated heterocycles. The van der Waals surface area contributed by atoms with E-state index in [1.54, 1.807) is 18.2 Å². The van der Waals surface area contributed by atoms with Crippen LogP contribution in [0.3, 0.4) is 0 Å². The van der Waals surface area contributed by atoms with E-state index in [4.69, 9.17) is 5.11 Å². The van der Waals surface area contributed by atoms with Gasteiger partial charge in [0.1, 0.15) is 5.75 Å². The number of aliphatic hydroxyl groups excluding tert-OH is 1. The minimum atomic E-state index is -0.00675. The molecule has 0 unspecified atom stereocenters. The van der Waals surface area contributed by atoms with E-state index < -0.39 is 0 Å². The number of aromatic hydroxyl groups is 1. The van der Waals surface area contributed by atoms with Gasteiger partial charge in [-0.25, -0.2) is 0 Å². The van der Waals surface area contributed by atoms with Crippen molar-refractivity contribution in [1.29, 1.82) is 0 Å². The van der Waals surface area contributed by atoms with Crippen molar-refractivity contribution in [3.63, 3.8) is 0 Å². The minimum Gasteiger partial charge on any atom is -0.508 e. The van der Waals surface area contributed by atoms with E-state index in [1.807, 2.05) is 0 Å². The smallest absolute Gasteiger partial charge is 0.159 e. The number of hydrogen-bond donors (Lipinski definition) is 2. The minimum absolute atomic E-state index is 0.00675. The first-order chi connectivity index (χ1) is 8.95. The summed E-state index contributed by atoms with van der Waals surface area (Å²) in [6, 6.07) is 5.25. The predicted molar refractivity (Wildman–Crippen MR) is 75.4 cm³/mol. The van der Waals surface area contributed by atoms with Gasteiger partial charge < -0.3 is 10.2 Å². The zero-order chi connectivity index (χ0) is 14.4. The highest BCUT2D eigenvalue weighted by Gasteiger charge is 2.13. The van der Waals surface area contributed by atoms with Gasteiger partial charge in [-0.15, -0.1) is 0 Å². The summed E-state index contributed by atoms with van der Waals surface area (Å²) in [5.74, 6) is 0.201. The zero-order valence-corrected chi connectivity index (χ0v) is 11.9. The molecule has 0 radical (unpaired) electrons. The lowest BCUT2D eigenvalue weighted by Gasteiger charge is -2.26. The number of aliphatic hydroxyl groups is 1. The Morgan fingerprint density at radius 1 is 1.37 bits per heavy atom. The molecule has 0 atom stereocenters. The molecule has 2 N–H and O–H groups in total. The third-order valence-electron chi connectivity index (χ3n) is 3.19. The normalized spacial score (nSPS) is 11.3. The van der Waals surface area contributed by atoms with Gasteiger partial charge in [0, 0.05) is 36.9 Å². The number of carbonyl (C=O) groups excluding carboxylic acids is 1. The van der Waals surface area contributed by atoms with Crippen molar-refractivity contribution in [2.45, 2.75) is 39.8 Å². The van der Waals surface area contributed by atoms with Crippen molar-refractivity contribution in [1.82, 2.24) is 4.90 Å². The van der Waals surface area contributed by atoms with Crippen molar-refractivity contribution in [2.75, 3.05) is 13.2 Å². The second kappa shape index (κ2) is 7.26. The molecule has 4 heteroatoms. The summed E-state index contributed by atoms with van der Waals surface area (Å²) in [7, 11) is 0. The Bertz CT molecular complexity index is 429. The standard InChI is InChI=1S/C15H23NO3/c1-11(2)16(7-4-8-17)10-14-9-13(12(3)18)5-6-15(14)19/h5-6,9,11,17,19H,4,7-8,10H2,1-3H3. The second-order valence-corrected chi connectivity index (χ2v) is 5.04. The molecule has 0 amide bonds. The fourth-order valence-electron chi connectivity index (χ4n) is 1.94. The molecule has 0 aromatic heterocycles. The number of phenols is 1. The van der Waals surface area contributed by atoms with Crippen LogP contribution < -0.4 is 0 Å². The van der Waals surface area contributed by atoms with Crippen molar-refractivity contribution in [2.24, 2.45) is 0 Å². The number of ketones is 1. The molecule has 1 aromatic rings. The summed E-state index contributed by atoms with van der Waals surface area (Å²) in [5.41, 5.74) is 1.36. The second-order valence-electron chi connectivity index (χ2n) is 5.04. The van der Waals surface area contributed by atoms with Gasteiger partial charge in [-0.1, -0.05) is 0 Å². The van der Waals surface area contributed by atoms with Gasteiger partial charge in [0.15, 0.2) is 5.78 Å². The Morgan fingerprint density at radius 2 is 2.05 bits per heavy atom. The Balaban J connectivity index is 2.88. The number of Topliss-reactive ketones (excluding diaryl/α,β-unsaturated/α-hetero) is 1. The largest absolute Gasteiger partial charge is 0.508 e. The maximum atomic E-state index is 11.4. The molecular formula is C15H23NO3. The number of nitrogens with zero attached hydrogens (tertiary/aromatic N) is 1. The maximum Gasteiger partial charge on any atom is 0.159 e. The van der Waals surface area contributed by atoms with Crippen LogP contribution in [-0.2, 0) is 6.54 Å². The van der Waals surface area contributed by atoms with Crippen LogP contribution in [0.25, 0.3) is 0 Å². The molecule has 0 spiro atoms. The average molecular weight is 265 g/mol. The SMILES string of the molecule is CC(=O)c1ccc(O)c(CN(CCCO)C(C)C)c1. The highest BCUT2D eigenvalue weighted by Crippen LogP contribution is 2.21. The molecule has 19 heavy (non-hydrogen) atoms. The molecule has 106 valence electrons. The van der Waals surface area contributed by atoms with Crippen molar-refractivity contribution < 1.29 is 15.0 Å². The summed E-state index contributed by atoms with van der Waals surface area (Å²) < 4.78 is 0. The lowest BCUT2D eigenvalue weighted by atomic mass is 10.1. The summed E-state index contributed by atoms with van der Waals surface area (Å²) in [4.78, 5) is 13.5. The third kappa shape index (κ3) is 4.65. The number of benzene rings is 1. The zero-order valence-electron chi connectivity index (χ0n) is 11.9. The highest BCUT2D eigenvalue weighted by atomic mass is 16.3. The molecule has 0 aliphatic heterocycles. The van der Waals surface area contributed by atoms with E-state index in [0.717, 1.165) is 12.1 Å². The Morgan fingerprint density at radius 3 is 2.58 bits per heavy atom. The Kier molecular flexibility index (Phi) is 5.99. The fourth-order valence-corrected chi connectivity index (χ4v) is 1.94. The van der Waals surface area contributed by atoms with Gasteiger partial charge in [-0.2, -0.15) is 0 Å². The number of rotatable bonds is 7. The molecule has 0 fully saturated rings. The summed E-state index contributed by atoms with van der Waals surface area (Å²) in [5, 5.41) is 18.8. The molecule has 0 heterocycles. The monoisotopic (exact) mass is 265 g/mol. The summed E-state index contributed by atoms with van der Waals surface area (Å²) in [6.45, 7) is 7.15. The summed E-state index contributed by atoms with van der Waals surface area (Å²) in [6.07, 6.45) is 0.700. The summed E-state index contributed by atoms with van der Waals surface area (Å²) >= 11 is 0. The van der Waals surface area contributed by atoms with Crippen LogP contribution in [0.4, 0.5) is 0 Å². The van der Waals surface area contributed by atoms with Gasteiger partial charge in [0.05, 0.1) is 0 Å². The topological polar surface area (TPSA) is 60.8 Å². The highest BCUT2D eigenvalue weighted by molar-refractivity contribution is 5.94. The number of hydrogen-bond acceptors (Lipinski definition) is 4. The lowest BCUT2D eigenvalue weighted by molar-refractivity contribution is 0.101. The van der Waals surface area contributed by atoms with Gasteiger partial charge >= 0.3 is 0 Å². The quantitative estimate of drug-likeness (QED) is 0.742.